The minimum atomic E-state index is -0.899. The van der Waals surface area contributed by atoms with E-state index < -0.39 is 17.8 Å². The molecule has 21 heavy (non-hydrogen) atoms. The van der Waals surface area contributed by atoms with Gasteiger partial charge in [0.1, 0.15) is 17.1 Å². The van der Waals surface area contributed by atoms with Crippen molar-refractivity contribution in [2.24, 2.45) is 5.73 Å². The average molecular weight is 293 g/mol. The van der Waals surface area contributed by atoms with Crippen molar-refractivity contribution in [3.05, 3.63) is 41.3 Å². The van der Waals surface area contributed by atoms with Gasteiger partial charge in [-0.2, -0.15) is 4.98 Å². The van der Waals surface area contributed by atoms with Crippen LogP contribution in [0.1, 0.15) is 54.9 Å². The molecule has 0 fully saturated rings. The molecule has 0 radical (unpaired) electrons. The highest BCUT2D eigenvalue weighted by atomic mass is 19.1. The monoisotopic (exact) mass is 293 g/mol. The molecule has 1 atom stereocenters. The van der Waals surface area contributed by atoms with Crippen molar-refractivity contribution < 1.29 is 18.4 Å². The third-order valence-electron chi connectivity index (χ3n) is 2.85. The highest BCUT2D eigenvalue weighted by Gasteiger charge is 2.21. The van der Waals surface area contributed by atoms with E-state index in [-0.39, 0.29) is 23.1 Å². The van der Waals surface area contributed by atoms with Gasteiger partial charge in [-0.05, 0) is 19.1 Å². The zero-order chi connectivity index (χ0) is 15.6. The Hall–Kier alpha value is -2.44. The van der Waals surface area contributed by atoms with E-state index in [2.05, 4.69) is 10.1 Å². The topological polar surface area (TPSA) is 91.2 Å². The van der Waals surface area contributed by atoms with Crippen LogP contribution in [-0.2, 0) is 0 Å². The van der Waals surface area contributed by atoms with Crippen molar-refractivity contribution in [3.63, 3.8) is 0 Å². The number of nitrogens with two attached hydrogens (primary N) is 1. The maximum Gasteiger partial charge on any atom is 0.267 e. The summed E-state index contributed by atoms with van der Waals surface area (Å²) in [7, 11) is 0. The lowest BCUT2D eigenvalue weighted by Crippen LogP contribution is -2.16. The lowest BCUT2D eigenvalue weighted by Gasteiger charge is -2.13. The molecule has 0 bridgehead atoms. The molecule has 1 aromatic heterocycles. The normalized spacial score (nSPS) is 12.4. The van der Waals surface area contributed by atoms with Gasteiger partial charge in [0.2, 0.25) is 0 Å². The van der Waals surface area contributed by atoms with Crippen LogP contribution in [0.5, 0.6) is 5.75 Å². The molecule has 7 heteroatoms. The first-order chi connectivity index (χ1) is 9.90. The van der Waals surface area contributed by atoms with Crippen molar-refractivity contribution >= 4 is 5.91 Å². The van der Waals surface area contributed by atoms with E-state index in [0.29, 0.717) is 5.82 Å². The highest BCUT2D eigenvalue weighted by molar-refractivity contribution is 5.95. The van der Waals surface area contributed by atoms with Gasteiger partial charge in [-0.1, -0.05) is 25.1 Å². The minimum Gasteiger partial charge on any atom is -0.480 e. The number of amides is 1. The number of hydrogen-bond acceptors (Lipinski definition) is 5. The first-order valence-electron chi connectivity index (χ1n) is 6.48. The summed E-state index contributed by atoms with van der Waals surface area (Å²) < 4.78 is 24.3. The highest BCUT2D eigenvalue weighted by Crippen LogP contribution is 2.26. The third-order valence-corrected chi connectivity index (χ3v) is 2.85. The second kappa shape index (κ2) is 5.90. The van der Waals surface area contributed by atoms with E-state index in [1.165, 1.54) is 12.1 Å². The third kappa shape index (κ3) is 3.18. The fraction of sp³-hybridized carbons (Fsp3) is 0.357. The Kier molecular flexibility index (Phi) is 4.21. The van der Waals surface area contributed by atoms with E-state index in [0.717, 1.165) is 6.07 Å². The van der Waals surface area contributed by atoms with Crippen LogP contribution in [-0.4, -0.2) is 16.0 Å². The Morgan fingerprint density at radius 1 is 1.38 bits per heavy atom. The zero-order valence-corrected chi connectivity index (χ0v) is 12.0. The Labute approximate surface area is 121 Å². The largest absolute Gasteiger partial charge is 0.480 e. The first kappa shape index (κ1) is 15.0. The van der Waals surface area contributed by atoms with Gasteiger partial charge in [0, 0.05) is 5.92 Å². The summed E-state index contributed by atoms with van der Waals surface area (Å²) in [5, 5.41) is 3.82. The van der Waals surface area contributed by atoms with Crippen LogP contribution in [0.25, 0.3) is 0 Å². The fourth-order valence-electron chi connectivity index (χ4n) is 1.73. The number of rotatable bonds is 5. The molecule has 0 saturated heterocycles. The van der Waals surface area contributed by atoms with Crippen LogP contribution < -0.4 is 10.5 Å². The summed E-state index contributed by atoms with van der Waals surface area (Å²) in [4.78, 5) is 15.5. The van der Waals surface area contributed by atoms with Gasteiger partial charge in [-0.25, -0.2) is 4.39 Å². The summed E-state index contributed by atoms with van der Waals surface area (Å²) >= 11 is 0. The quantitative estimate of drug-likeness (QED) is 0.914. The van der Waals surface area contributed by atoms with Gasteiger partial charge in [0.15, 0.2) is 11.9 Å². The molecule has 0 unspecified atom stereocenters. The number of aromatic nitrogens is 2. The van der Waals surface area contributed by atoms with Gasteiger partial charge >= 0.3 is 0 Å². The van der Waals surface area contributed by atoms with Gasteiger partial charge < -0.3 is 15.0 Å². The van der Waals surface area contributed by atoms with Gasteiger partial charge in [-0.3, -0.25) is 4.79 Å². The summed E-state index contributed by atoms with van der Waals surface area (Å²) in [5.74, 6) is -0.679. The van der Waals surface area contributed by atoms with Crippen LogP contribution in [0.4, 0.5) is 4.39 Å². The maximum absolute atomic E-state index is 13.6. The van der Waals surface area contributed by atoms with E-state index in [1.54, 1.807) is 6.92 Å². The summed E-state index contributed by atoms with van der Waals surface area (Å²) in [6.07, 6.45) is -0.634. The van der Waals surface area contributed by atoms with Crippen molar-refractivity contribution in [2.45, 2.75) is 32.8 Å². The summed E-state index contributed by atoms with van der Waals surface area (Å²) in [6.45, 7) is 5.52. The average Bonchev–Trinajstić information content (AvgIpc) is 2.88. The lowest BCUT2D eigenvalue weighted by atomic mass is 10.1. The minimum absolute atomic E-state index is 0.0410. The van der Waals surface area contributed by atoms with Crippen LogP contribution in [0.15, 0.2) is 22.7 Å². The number of benzene rings is 1. The first-order valence-corrected chi connectivity index (χ1v) is 6.48. The molecule has 1 aromatic carbocycles. The van der Waals surface area contributed by atoms with Gasteiger partial charge in [0.05, 0.1) is 0 Å². The molecule has 112 valence electrons. The molecular formula is C14H16FN3O3. The van der Waals surface area contributed by atoms with Gasteiger partial charge in [-0.15, -0.1) is 0 Å². The van der Waals surface area contributed by atoms with Crippen LogP contribution in [0, 0.1) is 5.82 Å². The predicted octanol–water partition coefficient (Wildman–Crippen LogP) is 2.57. The van der Waals surface area contributed by atoms with E-state index in [4.69, 9.17) is 15.0 Å². The van der Waals surface area contributed by atoms with Crippen molar-refractivity contribution in [1.82, 2.24) is 10.1 Å². The maximum atomic E-state index is 13.6. The molecule has 2 rings (SSSR count). The van der Waals surface area contributed by atoms with E-state index >= 15 is 0 Å². The zero-order valence-electron chi connectivity index (χ0n) is 12.0. The molecule has 1 heterocycles. The molecule has 1 amide bonds. The number of hydrogen-bond donors (Lipinski definition) is 1. The Bertz CT molecular complexity index is 655. The Balaban J connectivity index is 2.25. The number of ether oxygens (including phenoxy) is 1. The van der Waals surface area contributed by atoms with Gasteiger partial charge in [0.25, 0.3) is 11.8 Å². The molecule has 6 nitrogen and oxygen atoms in total. The second-order valence-corrected chi connectivity index (χ2v) is 4.88. The fourth-order valence-corrected chi connectivity index (χ4v) is 1.73. The predicted molar refractivity (Wildman–Crippen MR) is 72.3 cm³/mol. The van der Waals surface area contributed by atoms with Crippen LogP contribution in [0.2, 0.25) is 0 Å². The molecular weight excluding hydrogens is 277 g/mol. The molecule has 0 saturated carbocycles. The smallest absolute Gasteiger partial charge is 0.267 e. The number of halogens is 1. The lowest BCUT2D eigenvalue weighted by molar-refractivity contribution is 0.0986. The Morgan fingerprint density at radius 3 is 2.67 bits per heavy atom. The summed E-state index contributed by atoms with van der Waals surface area (Å²) in [6, 6.07) is 4.03. The van der Waals surface area contributed by atoms with Crippen LogP contribution in [0.3, 0.4) is 0 Å². The molecule has 2 N–H and O–H groups in total. The molecule has 2 aromatic rings. The number of nitrogens with zero attached hydrogens (tertiary/aromatic N) is 2. The van der Waals surface area contributed by atoms with Crippen molar-refractivity contribution in [2.75, 3.05) is 0 Å². The Morgan fingerprint density at radius 2 is 2.10 bits per heavy atom. The number of carbonyl (C=O) groups is 1. The molecule has 0 aliphatic rings. The number of carbonyl (C=O) groups excluding carboxylic acids is 1. The van der Waals surface area contributed by atoms with Crippen LogP contribution >= 0.6 is 0 Å². The molecule has 0 spiro atoms. The molecule has 0 aliphatic carbocycles. The summed E-state index contributed by atoms with van der Waals surface area (Å²) in [5.41, 5.74) is 4.87. The molecule has 0 aliphatic heterocycles. The number of primary amides is 1. The van der Waals surface area contributed by atoms with Crippen molar-refractivity contribution in [1.29, 1.82) is 0 Å². The standard InChI is InChI=1S/C14H16FN3O3/c1-7(2)13-17-14(21-18-13)8(3)20-10-6-4-5-9(15)11(10)12(16)19/h4-8H,1-3H3,(H2,16,19)/t8-/m0/s1. The SMILES string of the molecule is CC(C)c1noc([C@H](C)Oc2cccc(F)c2C(N)=O)n1. The van der Waals surface area contributed by atoms with E-state index in [9.17, 15) is 9.18 Å². The van der Waals surface area contributed by atoms with E-state index in [1.807, 2.05) is 13.8 Å². The second-order valence-electron chi connectivity index (χ2n) is 4.88. The van der Waals surface area contributed by atoms with Crippen molar-refractivity contribution in [3.8, 4) is 5.75 Å².